The monoisotopic (exact) mass is 477 g/mol. The molecule has 1 N–H and O–H groups in total. The van der Waals surface area contributed by atoms with E-state index in [1.165, 1.54) is 12.2 Å². The zero-order valence-corrected chi connectivity index (χ0v) is 19.8. The summed E-state index contributed by atoms with van der Waals surface area (Å²) in [5, 5.41) is 12.1. The second-order valence-corrected chi connectivity index (χ2v) is 10.2. The summed E-state index contributed by atoms with van der Waals surface area (Å²) in [6.07, 6.45) is 3.77. The fourth-order valence-electron chi connectivity index (χ4n) is 4.43. The van der Waals surface area contributed by atoms with Crippen molar-refractivity contribution in [1.29, 1.82) is 5.26 Å². The molecule has 0 aliphatic heterocycles. The van der Waals surface area contributed by atoms with Gasteiger partial charge >= 0.3 is 0 Å². The fraction of sp³-hybridized carbons (Fsp3) is 0.308. The lowest BCUT2D eigenvalue weighted by Gasteiger charge is -2.30. The first-order valence-electron chi connectivity index (χ1n) is 11.3. The van der Waals surface area contributed by atoms with Gasteiger partial charge in [-0.25, -0.2) is 13.5 Å². The molecule has 0 unspecified atom stereocenters. The first-order valence-corrected chi connectivity index (χ1v) is 12.8. The van der Waals surface area contributed by atoms with Crippen molar-refractivity contribution in [2.75, 3.05) is 7.11 Å². The van der Waals surface area contributed by atoms with Crippen molar-refractivity contribution in [1.82, 2.24) is 9.79 Å². The third-order valence-corrected chi connectivity index (χ3v) is 7.69. The quantitative estimate of drug-likeness (QED) is 0.496. The van der Waals surface area contributed by atoms with Crippen molar-refractivity contribution < 1.29 is 18.0 Å². The van der Waals surface area contributed by atoms with Crippen LogP contribution in [-0.2, 0) is 26.1 Å². The summed E-state index contributed by atoms with van der Waals surface area (Å²) in [7, 11) is -2.56. The van der Waals surface area contributed by atoms with Crippen molar-refractivity contribution in [3.8, 4) is 6.07 Å². The number of carbonyl (C=O) groups excluding carboxylic acids is 1. The highest BCUT2D eigenvalue weighted by atomic mass is 32.2. The molecule has 0 aromatic heterocycles. The molecule has 0 spiro atoms. The topological polar surface area (TPSA) is 99.5 Å². The zero-order valence-electron chi connectivity index (χ0n) is 19.0. The first-order chi connectivity index (χ1) is 16.4. The summed E-state index contributed by atoms with van der Waals surface area (Å²) in [6, 6.07) is 20.1. The number of amides is 1. The molecular formula is C26H27N3O4S. The molecule has 1 atom stereocenters. The highest BCUT2D eigenvalue weighted by Crippen LogP contribution is 2.25. The van der Waals surface area contributed by atoms with Gasteiger partial charge in [-0.3, -0.25) is 9.63 Å². The molecule has 1 fully saturated rings. The molecule has 1 amide bonds. The molecule has 7 nitrogen and oxygen atoms in total. The number of nitriles is 1. The molecule has 0 saturated heterocycles. The van der Waals surface area contributed by atoms with Crippen LogP contribution in [0.1, 0.15) is 36.8 Å². The summed E-state index contributed by atoms with van der Waals surface area (Å²) < 4.78 is 29.3. The number of benzene rings is 3. The largest absolute Gasteiger partial charge is 0.274 e. The van der Waals surface area contributed by atoms with Crippen LogP contribution in [-0.4, -0.2) is 38.6 Å². The molecule has 0 bridgehead atoms. The molecule has 8 heteroatoms. The smallest absolute Gasteiger partial charge is 0.264 e. The molecule has 0 heterocycles. The average Bonchev–Trinajstić information content (AvgIpc) is 3.38. The highest BCUT2D eigenvalue weighted by molar-refractivity contribution is 7.89. The maximum Gasteiger partial charge on any atom is 0.264 e. The van der Waals surface area contributed by atoms with E-state index in [-0.39, 0.29) is 17.4 Å². The average molecular weight is 478 g/mol. The number of carbonyl (C=O) groups is 1. The van der Waals surface area contributed by atoms with Crippen LogP contribution in [0.25, 0.3) is 10.8 Å². The van der Waals surface area contributed by atoms with Crippen molar-refractivity contribution in [3.63, 3.8) is 0 Å². The third-order valence-electron chi connectivity index (χ3n) is 6.22. The van der Waals surface area contributed by atoms with Gasteiger partial charge in [0.25, 0.3) is 5.91 Å². The van der Waals surface area contributed by atoms with Gasteiger partial charge in [-0.15, -0.1) is 0 Å². The number of nitrogens with one attached hydrogen (secondary N) is 1. The van der Waals surface area contributed by atoms with E-state index in [4.69, 9.17) is 10.1 Å². The summed E-state index contributed by atoms with van der Waals surface area (Å²) in [5.41, 5.74) is 1.23. The zero-order chi connectivity index (χ0) is 24.1. The van der Waals surface area contributed by atoms with E-state index in [0.717, 1.165) is 42.0 Å². The number of nitrogens with zero attached hydrogens (tertiary/aromatic N) is 2. The Morgan fingerprint density at radius 2 is 1.76 bits per heavy atom. The maximum absolute atomic E-state index is 13.5. The third kappa shape index (κ3) is 5.28. The molecule has 3 aromatic rings. The van der Waals surface area contributed by atoms with Gasteiger partial charge in [0.05, 0.1) is 29.7 Å². The van der Waals surface area contributed by atoms with Crippen LogP contribution >= 0.6 is 0 Å². The molecule has 1 aliphatic carbocycles. The minimum Gasteiger partial charge on any atom is -0.274 e. The van der Waals surface area contributed by atoms with Gasteiger partial charge in [0.15, 0.2) is 0 Å². The number of hydrogen-bond donors (Lipinski definition) is 1. The van der Waals surface area contributed by atoms with Crippen molar-refractivity contribution in [2.24, 2.45) is 0 Å². The SMILES string of the molecule is CON(C(=O)[C@H](Cc1ccc(C#N)cc1)NS(=O)(=O)c1ccc2ccccc2c1)C1CCCC1. The van der Waals surface area contributed by atoms with Gasteiger partial charge in [0, 0.05) is 0 Å². The normalized spacial score (nSPS) is 15.2. The second kappa shape index (κ2) is 10.3. The molecule has 4 rings (SSSR count). The first kappa shape index (κ1) is 23.9. The van der Waals surface area contributed by atoms with E-state index in [1.54, 1.807) is 42.5 Å². The van der Waals surface area contributed by atoms with E-state index >= 15 is 0 Å². The number of rotatable bonds is 8. The second-order valence-electron chi connectivity index (χ2n) is 8.48. The van der Waals surface area contributed by atoms with Crippen LogP contribution in [0.5, 0.6) is 0 Å². The summed E-state index contributed by atoms with van der Waals surface area (Å²) in [6.45, 7) is 0. The Kier molecular flexibility index (Phi) is 7.27. The summed E-state index contributed by atoms with van der Waals surface area (Å²) in [5.74, 6) is -0.428. The minimum absolute atomic E-state index is 0.0777. The molecule has 34 heavy (non-hydrogen) atoms. The maximum atomic E-state index is 13.5. The summed E-state index contributed by atoms with van der Waals surface area (Å²) >= 11 is 0. The van der Waals surface area contributed by atoms with E-state index < -0.39 is 22.0 Å². The van der Waals surface area contributed by atoms with Gasteiger partial charge in [-0.1, -0.05) is 55.3 Å². The van der Waals surface area contributed by atoms with Crippen LogP contribution < -0.4 is 4.72 Å². The Labute approximate surface area is 200 Å². The Hall–Kier alpha value is -3.25. The number of sulfonamides is 1. The molecular weight excluding hydrogens is 450 g/mol. The van der Waals surface area contributed by atoms with E-state index in [2.05, 4.69) is 10.8 Å². The molecule has 0 radical (unpaired) electrons. The lowest BCUT2D eigenvalue weighted by molar-refractivity contribution is -0.189. The van der Waals surface area contributed by atoms with Gasteiger partial charge in [-0.2, -0.15) is 9.98 Å². The van der Waals surface area contributed by atoms with Crippen molar-refractivity contribution >= 4 is 26.7 Å². The van der Waals surface area contributed by atoms with Crippen molar-refractivity contribution in [3.05, 3.63) is 77.9 Å². The minimum atomic E-state index is -4.00. The van der Waals surface area contributed by atoms with Crippen LogP contribution in [0.3, 0.4) is 0 Å². The Morgan fingerprint density at radius 1 is 1.09 bits per heavy atom. The molecule has 176 valence electrons. The predicted octanol–water partition coefficient (Wildman–Crippen LogP) is 3.93. The van der Waals surface area contributed by atoms with Crippen LogP contribution in [0, 0.1) is 11.3 Å². The highest BCUT2D eigenvalue weighted by Gasteiger charge is 2.34. The summed E-state index contributed by atoms with van der Waals surface area (Å²) in [4.78, 5) is 19.1. The van der Waals surface area contributed by atoms with Crippen molar-refractivity contribution in [2.45, 2.75) is 49.1 Å². The van der Waals surface area contributed by atoms with Crippen LogP contribution in [0.4, 0.5) is 0 Å². The van der Waals surface area contributed by atoms with Gasteiger partial charge in [-0.05, 0) is 59.9 Å². The lowest BCUT2D eigenvalue weighted by atomic mass is 10.0. The Morgan fingerprint density at radius 3 is 2.41 bits per heavy atom. The number of hydrogen-bond acceptors (Lipinski definition) is 5. The lowest BCUT2D eigenvalue weighted by Crippen LogP contribution is -2.51. The Bertz CT molecular complexity index is 1310. The standard InChI is InChI=1S/C26H27N3O4S/c1-33-29(23-8-4-5-9-23)26(30)25(16-19-10-12-20(18-27)13-11-19)28-34(31,32)24-15-14-21-6-2-3-7-22(21)17-24/h2-3,6-7,10-15,17,23,25,28H,4-5,8-9,16H2,1H3/t25-/m0/s1. The van der Waals surface area contributed by atoms with E-state index in [9.17, 15) is 13.2 Å². The van der Waals surface area contributed by atoms with Gasteiger partial charge < -0.3 is 0 Å². The fourth-order valence-corrected chi connectivity index (χ4v) is 5.66. The predicted molar refractivity (Wildman–Crippen MR) is 129 cm³/mol. The molecule has 1 saturated carbocycles. The van der Waals surface area contributed by atoms with Gasteiger partial charge in [0.2, 0.25) is 10.0 Å². The van der Waals surface area contributed by atoms with E-state index in [0.29, 0.717) is 5.56 Å². The number of fused-ring (bicyclic) bond motifs is 1. The van der Waals surface area contributed by atoms with Crippen LogP contribution in [0.15, 0.2) is 71.6 Å². The van der Waals surface area contributed by atoms with Gasteiger partial charge in [0.1, 0.15) is 6.04 Å². The Balaban J connectivity index is 1.65. The number of hydroxylamine groups is 2. The van der Waals surface area contributed by atoms with E-state index in [1.807, 2.05) is 24.3 Å². The molecule has 3 aromatic carbocycles. The molecule has 1 aliphatic rings. The van der Waals surface area contributed by atoms with Crippen LogP contribution in [0.2, 0.25) is 0 Å².